The lowest BCUT2D eigenvalue weighted by Crippen LogP contribution is -2.30. The number of benzene rings is 1. The summed E-state index contributed by atoms with van der Waals surface area (Å²) in [5.74, 6) is -0.607. The molecule has 1 aliphatic rings. The number of hydrogen-bond acceptors (Lipinski definition) is 6. The van der Waals surface area contributed by atoms with Crippen LogP contribution >= 0.6 is 11.6 Å². The molecule has 3 rings (SSSR count). The van der Waals surface area contributed by atoms with Gasteiger partial charge < -0.3 is 9.64 Å². The molecule has 0 unspecified atom stereocenters. The maximum atomic E-state index is 13.0. The van der Waals surface area contributed by atoms with Gasteiger partial charge in [-0.2, -0.15) is 8.78 Å². The highest BCUT2D eigenvalue weighted by Gasteiger charge is 2.27. The van der Waals surface area contributed by atoms with Crippen molar-refractivity contribution in [3.8, 4) is 16.9 Å². The van der Waals surface area contributed by atoms with Crippen LogP contribution in [-0.4, -0.2) is 44.8 Å². The topological polar surface area (TPSA) is 88.6 Å². The monoisotopic (exact) mass is 487 g/mol. The van der Waals surface area contributed by atoms with Gasteiger partial charge in [0.25, 0.3) is 5.91 Å². The molecule has 7 nitrogen and oxygen atoms in total. The molecule has 1 amide bonds. The molecule has 11 heteroatoms. The summed E-state index contributed by atoms with van der Waals surface area (Å²) in [4.78, 5) is 18.8. The van der Waals surface area contributed by atoms with Crippen LogP contribution in [0.25, 0.3) is 11.1 Å². The molecule has 1 saturated heterocycles. The van der Waals surface area contributed by atoms with E-state index in [0.29, 0.717) is 22.4 Å². The number of alkyl halides is 2. The average Bonchev–Trinajstić information content (AvgIpc) is 3.14. The maximum Gasteiger partial charge on any atom is 0.387 e. The van der Waals surface area contributed by atoms with E-state index in [-0.39, 0.29) is 16.9 Å². The van der Waals surface area contributed by atoms with Gasteiger partial charge in [0.05, 0.1) is 11.3 Å². The molecule has 0 radical (unpaired) electrons. The van der Waals surface area contributed by atoms with E-state index in [9.17, 15) is 22.0 Å². The van der Waals surface area contributed by atoms with Gasteiger partial charge in [0.2, 0.25) is 10.0 Å². The van der Waals surface area contributed by atoms with Gasteiger partial charge in [-0.15, -0.1) is 0 Å². The minimum Gasteiger partial charge on any atom is -0.434 e. The fourth-order valence-corrected chi connectivity index (χ4v) is 4.59. The number of carbonyl (C=O) groups excluding carboxylic acids is 1. The van der Waals surface area contributed by atoms with Crippen LogP contribution in [0.2, 0.25) is 5.02 Å². The van der Waals surface area contributed by atoms with Crippen LogP contribution < -0.4 is 14.4 Å². The standard InChI is InChI=1S/C21H24ClF2N3O4S/c1-3-5-15-6-4-9-27(15)19-17(22)10-14(12-25-19)16-8-7-13(11-18(16)31-21(23)24)20(28)26-32(2,29)30/h7-8,10-12,15,21H,3-6,9H2,1-2H3,(H,26,28)/t15-/m0/s1. The number of carbonyl (C=O) groups is 1. The highest BCUT2D eigenvalue weighted by molar-refractivity contribution is 7.89. The summed E-state index contributed by atoms with van der Waals surface area (Å²) in [6.07, 6.45) is 6.53. The number of amides is 1. The van der Waals surface area contributed by atoms with Crippen molar-refractivity contribution < 1.29 is 26.7 Å². The normalized spacial score (nSPS) is 16.4. The van der Waals surface area contributed by atoms with E-state index >= 15 is 0 Å². The maximum absolute atomic E-state index is 13.0. The molecule has 1 aromatic carbocycles. The summed E-state index contributed by atoms with van der Waals surface area (Å²) < 4.78 is 55.0. The highest BCUT2D eigenvalue weighted by atomic mass is 35.5. The molecular formula is C21H24ClF2N3O4S. The zero-order valence-corrected chi connectivity index (χ0v) is 19.2. The second-order valence-electron chi connectivity index (χ2n) is 7.60. The van der Waals surface area contributed by atoms with Gasteiger partial charge in [0.15, 0.2) is 0 Å². The van der Waals surface area contributed by atoms with Crippen LogP contribution in [-0.2, 0) is 10.0 Å². The number of rotatable bonds is 8. The van der Waals surface area contributed by atoms with Crippen molar-refractivity contribution in [1.29, 1.82) is 0 Å². The molecule has 1 atom stereocenters. The number of nitrogens with one attached hydrogen (secondary N) is 1. The van der Waals surface area contributed by atoms with E-state index in [1.165, 1.54) is 18.3 Å². The average molecular weight is 488 g/mol. The Morgan fingerprint density at radius 3 is 2.75 bits per heavy atom. The molecule has 0 bridgehead atoms. The van der Waals surface area contributed by atoms with Gasteiger partial charge in [-0.1, -0.05) is 24.9 Å². The first kappa shape index (κ1) is 24.2. The van der Waals surface area contributed by atoms with Gasteiger partial charge in [-0.05, 0) is 43.5 Å². The van der Waals surface area contributed by atoms with Crippen LogP contribution in [0, 0.1) is 0 Å². The number of halogens is 3. The van der Waals surface area contributed by atoms with Gasteiger partial charge in [0, 0.05) is 35.5 Å². The van der Waals surface area contributed by atoms with Crippen LogP contribution in [0.1, 0.15) is 43.0 Å². The number of anilines is 1. The van der Waals surface area contributed by atoms with Crippen molar-refractivity contribution in [2.75, 3.05) is 17.7 Å². The van der Waals surface area contributed by atoms with Gasteiger partial charge in [-0.25, -0.2) is 18.1 Å². The van der Waals surface area contributed by atoms with Crippen LogP contribution in [0.3, 0.4) is 0 Å². The molecule has 32 heavy (non-hydrogen) atoms. The fourth-order valence-electron chi connectivity index (χ4n) is 3.86. The van der Waals surface area contributed by atoms with Crippen molar-refractivity contribution in [2.45, 2.75) is 45.3 Å². The van der Waals surface area contributed by atoms with Crippen molar-refractivity contribution in [3.05, 3.63) is 41.0 Å². The lowest BCUT2D eigenvalue weighted by Gasteiger charge is -2.26. The third kappa shape index (κ3) is 5.86. The first-order chi connectivity index (χ1) is 15.1. The summed E-state index contributed by atoms with van der Waals surface area (Å²) in [6, 6.07) is 5.74. The zero-order valence-electron chi connectivity index (χ0n) is 17.6. The smallest absolute Gasteiger partial charge is 0.387 e. The number of hydrogen-bond donors (Lipinski definition) is 1. The molecule has 2 aromatic rings. The Hall–Kier alpha value is -2.46. The Balaban J connectivity index is 1.95. The molecule has 2 heterocycles. The number of aromatic nitrogens is 1. The second-order valence-corrected chi connectivity index (χ2v) is 9.76. The molecule has 174 valence electrons. The molecule has 1 N–H and O–H groups in total. The predicted octanol–water partition coefficient (Wildman–Crippen LogP) is 4.46. The fraction of sp³-hybridized carbons (Fsp3) is 0.429. The minimum absolute atomic E-state index is 0.148. The van der Waals surface area contributed by atoms with E-state index in [0.717, 1.165) is 44.6 Å². The quantitative estimate of drug-likeness (QED) is 0.591. The van der Waals surface area contributed by atoms with Crippen molar-refractivity contribution in [1.82, 2.24) is 9.71 Å². The molecule has 0 aliphatic carbocycles. The highest BCUT2D eigenvalue weighted by Crippen LogP contribution is 2.37. The SMILES string of the molecule is CCC[C@H]1CCCN1c1ncc(-c2ccc(C(=O)NS(C)(=O)=O)cc2OC(F)F)cc1Cl. The summed E-state index contributed by atoms with van der Waals surface area (Å²) in [6.45, 7) is -0.177. The first-order valence-corrected chi connectivity index (χ1v) is 12.4. The van der Waals surface area contributed by atoms with E-state index < -0.39 is 22.5 Å². The van der Waals surface area contributed by atoms with Gasteiger partial charge in [0.1, 0.15) is 11.6 Å². The Labute approximate surface area is 190 Å². The molecular weight excluding hydrogens is 464 g/mol. The molecule has 0 spiro atoms. The Kier molecular flexibility index (Phi) is 7.55. The van der Waals surface area contributed by atoms with E-state index in [1.54, 1.807) is 10.8 Å². The summed E-state index contributed by atoms with van der Waals surface area (Å²) in [5, 5.41) is 0.382. The number of nitrogens with zero attached hydrogens (tertiary/aromatic N) is 2. The Bertz CT molecular complexity index is 1100. The zero-order chi connectivity index (χ0) is 23.5. The predicted molar refractivity (Wildman–Crippen MR) is 119 cm³/mol. The lowest BCUT2D eigenvalue weighted by molar-refractivity contribution is -0.0495. The number of pyridine rings is 1. The molecule has 0 saturated carbocycles. The Morgan fingerprint density at radius 1 is 1.38 bits per heavy atom. The Morgan fingerprint density at radius 2 is 2.12 bits per heavy atom. The summed E-state index contributed by atoms with van der Waals surface area (Å²) in [7, 11) is -3.82. The van der Waals surface area contributed by atoms with Gasteiger partial charge in [-0.3, -0.25) is 4.79 Å². The molecule has 1 aliphatic heterocycles. The van der Waals surface area contributed by atoms with E-state index in [1.807, 2.05) is 0 Å². The minimum atomic E-state index is -3.82. The van der Waals surface area contributed by atoms with Gasteiger partial charge >= 0.3 is 6.61 Å². The second kappa shape index (κ2) is 9.99. The lowest BCUT2D eigenvalue weighted by atomic mass is 10.0. The van der Waals surface area contributed by atoms with Crippen LogP contribution in [0.5, 0.6) is 5.75 Å². The third-order valence-electron chi connectivity index (χ3n) is 5.14. The van der Waals surface area contributed by atoms with Crippen molar-refractivity contribution in [2.24, 2.45) is 0 Å². The van der Waals surface area contributed by atoms with Crippen molar-refractivity contribution >= 4 is 33.3 Å². The van der Waals surface area contributed by atoms with Crippen LogP contribution in [0.15, 0.2) is 30.5 Å². The number of ether oxygens (including phenoxy) is 1. The molecule has 1 fully saturated rings. The molecule has 1 aromatic heterocycles. The first-order valence-electron chi connectivity index (χ1n) is 10.1. The van der Waals surface area contributed by atoms with E-state index in [2.05, 4.69) is 21.5 Å². The third-order valence-corrected chi connectivity index (χ3v) is 5.98. The van der Waals surface area contributed by atoms with Crippen molar-refractivity contribution in [3.63, 3.8) is 0 Å². The van der Waals surface area contributed by atoms with Crippen LogP contribution in [0.4, 0.5) is 14.6 Å². The van der Waals surface area contributed by atoms with E-state index in [4.69, 9.17) is 11.6 Å². The summed E-state index contributed by atoms with van der Waals surface area (Å²) >= 11 is 6.51. The summed E-state index contributed by atoms with van der Waals surface area (Å²) in [5.41, 5.74) is 0.523. The number of sulfonamides is 1. The largest absolute Gasteiger partial charge is 0.434 e.